The van der Waals surface area contributed by atoms with Gasteiger partial charge in [0.05, 0.1) is 50.0 Å². The van der Waals surface area contributed by atoms with Crippen LogP contribution in [0.25, 0.3) is 0 Å². The number of nitrogens with zero attached hydrogens (tertiary/aromatic N) is 3. The number of carbonyl (C=O) groups is 21. The van der Waals surface area contributed by atoms with Crippen LogP contribution in [0.4, 0.5) is 0 Å². The minimum atomic E-state index is -2.10. The topological polar surface area (TPSA) is 776 Å². The number of hydrogen-bond donors (Lipinski definition) is 25. The Kier molecular flexibility index (Phi) is 46.3. The van der Waals surface area contributed by atoms with Gasteiger partial charge in [0.25, 0.3) is 0 Å². The fraction of sp³-hybridized carbons (Fsp3) is 0.562. The van der Waals surface area contributed by atoms with E-state index in [4.69, 9.17) is 22.9 Å². The lowest BCUT2D eigenvalue weighted by atomic mass is 10.00. The molecule has 19 amide bonds. The highest BCUT2D eigenvalue weighted by Gasteiger charge is 2.44. The molecule has 4 aromatic rings. The maximum atomic E-state index is 15.3. The molecule has 0 radical (unpaired) electrons. The standard InChI is InChI=1S/C89H131N25O24/c1-46(2)33-64-89(138)114-32-18-25-66(114)86(135)109-59(35-51-21-12-9-13-22-51)80(129)105-58(34-50-19-10-8-11-20-50)79(128)99-49(7)74(123)101-57(27-29-70(119)120)77(126)108-63(39-71(121)122)84(133)112-72(47(3)4)87(136)96-42-69(118)100-65(43-115)85(134)107-62(38-68(93)117)83(132)103-55(24-15-17-31-91)78(127)113-73(48(5)6)88(137)110-61(37-53-41-95-45-98-53)82(131)106-60(36-52-40-94-44-97-52)81(130)104-56(26-28-67(92)116)76(125)102-54(75(124)111-64)23-14-16-30-90/h8-13,19-22,40-41,44-49,54-66,72-73,115H,14-18,23-39,42-43,90-91H2,1-7H3,(H2,92,116)(H2,93,117)(H,94,97)(H,95,98)(H,96,136)(H,99,128)(H,100,118)(H,101,123)(H,102,125)(H,103,132)(H,104,130)(H,105,129)(H,106,131)(H,107,134)(H,108,126)(H,109,135)(H,110,137)(H,111,124)(H,112,133)(H,113,127)(H,119,120)(H,121,122)/t49-,54-,55-,56-,57-,58-,59-,60-,61-,62-,63-,64-,65-,66-,72-,73-/m0/s1. The van der Waals surface area contributed by atoms with Crippen molar-refractivity contribution < 1.29 is 116 Å². The van der Waals surface area contributed by atoms with Crippen LogP contribution in [-0.2, 0) is 126 Å². The Labute approximate surface area is 795 Å². The van der Waals surface area contributed by atoms with Crippen molar-refractivity contribution in [3.63, 3.8) is 0 Å². The lowest BCUT2D eigenvalue weighted by Gasteiger charge is -2.32. The van der Waals surface area contributed by atoms with E-state index in [1.54, 1.807) is 74.5 Å². The number of imidazole rings is 2. The number of fused-ring (bicyclic) bond motifs is 1. The van der Waals surface area contributed by atoms with Crippen molar-refractivity contribution in [2.45, 2.75) is 267 Å². The number of aliphatic carboxylic acids is 2. The van der Waals surface area contributed by atoms with Crippen LogP contribution < -0.4 is 108 Å². The predicted octanol–water partition coefficient (Wildman–Crippen LogP) is -7.10. The Balaban J connectivity index is 1.42. The highest BCUT2D eigenvalue weighted by atomic mass is 16.4. The summed E-state index contributed by atoms with van der Waals surface area (Å²) in [6, 6.07) is -10.5. The number of benzene rings is 2. The van der Waals surface area contributed by atoms with Gasteiger partial charge in [-0.1, -0.05) is 102 Å². The van der Waals surface area contributed by atoms with Crippen LogP contribution in [0.3, 0.4) is 0 Å². The maximum Gasteiger partial charge on any atom is 0.305 e. The van der Waals surface area contributed by atoms with Crippen LogP contribution in [0.2, 0.25) is 0 Å². The highest BCUT2D eigenvalue weighted by Crippen LogP contribution is 2.23. The average molecular weight is 1940 g/mol. The zero-order valence-corrected chi connectivity index (χ0v) is 78.1. The molecule has 2 aliphatic heterocycles. The Hall–Kier alpha value is -14.4. The third kappa shape index (κ3) is 37.7. The molecule has 2 saturated heterocycles. The number of aliphatic hydroxyl groups is 1. The number of unbranched alkanes of at least 4 members (excludes halogenated alkanes) is 2. The second-order valence-corrected chi connectivity index (χ2v) is 34.9. The van der Waals surface area contributed by atoms with Gasteiger partial charge in [0.2, 0.25) is 112 Å². The highest BCUT2D eigenvalue weighted by molar-refractivity contribution is 6.03. The largest absolute Gasteiger partial charge is 0.481 e. The molecule has 49 heteroatoms. The van der Waals surface area contributed by atoms with Gasteiger partial charge in [0.1, 0.15) is 96.7 Å². The summed E-state index contributed by atoms with van der Waals surface area (Å²) < 4.78 is 0. The van der Waals surface area contributed by atoms with E-state index < -0.39 is 297 Å². The molecular weight excluding hydrogens is 1800 g/mol. The Morgan fingerprint density at radius 1 is 0.406 bits per heavy atom. The molecule has 6 rings (SSSR count). The lowest BCUT2D eigenvalue weighted by molar-refractivity contribution is -0.143. The fourth-order valence-corrected chi connectivity index (χ4v) is 15.0. The molecule has 2 aromatic heterocycles. The molecule has 16 atom stereocenters. The summed E-state index contributed by atoms with van der Waals surface area (Å²) in [5.74, 6) is -26.0. The van der Waals surface area contributed by atoms with E-state index in [-0.39, 0.29) is 101 Å². The number of amides is 19. The van der Waals surface area contributed by atoms with Crippen LogP contribution in [-0.4, -0.2) is 294 Å². The molecule has 756 valence electrons. The number of nitrogens with one attached hydrogen (secondary N) is 18. The SMILES string of the molecule is CC(C)C[C@@H]1NC(=O)[C@H](CCCCN)NC(=O)[C@H](CCC(N)=O)NC(=O)[C@H](Cc2c[nH]cn2)NC(=O)[C@H](Cc2c[nH]cn2)NC(=O)[C@H](C(C)C)NC(=O)[C@H](CCCCN)NC(=O)[C@H](CC(N)=O)NC(=O)[C@H](CO)NC(=O)CNC(=O)[C@H](C(C)C)NC(=O)[C@H](CC(=O)O)NC(=O)[C@H](CCC(=O)O)NC(=O)[C@H](C)NC(=O)[C@H](Cc2ccccc2)NC(=O)[C@H](Cc2ccccc2)NC(=O)[C@@H]2CCCN2C1=O. The predicted molar refractivity (Wildman–Crippen MR) is 491 cm³/mol. The summed E-state index contributed by atoms with van der Waals surface area (Å²) in [4.78, 5) is 313. The third-order valence-electron chi connectivity index (χ3n) is 22.5. The van der Waals surface area contributed by atoms with Gasteiger partial charge >= 0.3 is 11.9 Å². The van der Waals surface area contributed by atoms with Gasteiger partial charge in [-0.3, -0.25) is 101 Å². The molecule has 0 bridgehead atoms. The zero-order chi connectivity index (χ0) is 102. The van der Waals surface area contributed by atoms with Gasteiger partial charge in [-0.15, -0.1) is 0 Å². The number of primary amides is 2. The van der Waals surface area contributed by atoms with Crippen LogP contribution in [0.1, 0.15) is 167 Å². The van der Waals surface area contributed by atoms with E-state index in [1.807, 2.05) is 0 Å². The number of carboxylic acid groups (broad SMARTS) is 2. The summed E-state index contributed by atoms with van der Waals surface area (Å²) in [6.45, 7) is 8.41. The monoisotopic (exact) mass is 1930 g/mol. The van der Waals surface area contributed by atoms with Gasteiger partial charge in [-0.25, -0.2) is 9.97 Å². The number of aromatic amines is 2. The molecule has 0 aliphatic carbocycles. The Morgan fingerprint density at radius 3 is 1.22 bits per heavy atom. The van der Waals surface area contributed by atoms with Crippen LogP contribution in [0, 0.1) is 17.8 Å². The minimum Gasteiger partial charge on any atom is -0.481 e. The lowest BCUT2D eigenvalue weighted by Crippen LogP contribution is -2.62. The zero-order valence-electron chi connectivity index (χ0n) is 78.1. The van der Waals surface area contributed by atoms with Crippen molar-refractivity contribution in [3.05, 3.63) is 108 Å². The van der Waals surface area contributed by atoms with Crippen molar-refractivity contribution in [2.75, 3.05) is 32.8 Å². The van der Waals surface area contributed by atoms with E-state index in [0.717, 1.165) is 6.92 Å². The minimum absolute atomic E-state index is 0.0347. The Morgan fingerprint density at radius 2 is 0.790 bits per heavy atom. The molecule has 49 nitrogen and oxygen atoms in total. The summed E-state index contributed by atoms with van der Waals surface area (Å²) in [5.41, 5.74) is 24.2. The molecule has 0 saturated carbocycles. The average Bonchev–Trinajstić information content (AvgIpc) is 1.64. The molecule has 138 heavy (non-hydrogen) atoms. The van der Waals surface area contributed by atoms with E-state index in [0.29, 0.717) is 17.5 Å². The molecule has 0 spiro atoms. The first-order chi connectivity index (χ1) is 65.5. The van der Waals surface area contributed by atoms with Gasteiger partial charge in [0.15, 0.2) is 0 Å². The molecule has 29 N–H and O–H groups in total. The second-order valence-electron chi connectivity index (χ2n) is 34.9. The molecule has 2 aromatic carbocycles. The first-order valence-corrected chi connectivity index (χ1v) is 45.7. The number of hydrogen-bond acceptors (Lipinski definition) is 26. The second kappa shape index (κ2) is 56.8. The van der Waals surface area contributed by atoms with Crippen LogP contribution in [0.15, 0.2) is 85.7 Å². The number of H-pyrrole nitrogens is 2. The van der Waals surface area contributed by atoms with Gasteiger partial charge < -0.3 is 138 Å². The van der Waals surface area contributed by atoms with Crippen molar-refractivity contribution in [2.24, 2.45) is 40.7 Å². The molecular formula is C89H131N25O24. The smallest absolute Gasteiger partial charge is 0.305 e. The van der Waals surface area contributed by atoms with E-state index >= 15 is 28.8 Å². The maximum absolute atomic E-state index is 15.3. The number of rotatable bonds is 31. The Bertz CT molecular complexity index is 4830. The van der Waals surface area contributed by atoms with Crippen molar-refractivity contribution >= 4 is 124 Å². The molecule has 2 aliphatic rings. The normalized spacial score (nSPS) is 24.8. The van der Waals surface area contributed by atoms with Crippen LogP contribution >= 0.6 is 0 Å². The van der Waals surface area contributed by atoms with Crippen molar-refractivity contribution in [1.82, 2.24) is 110 Å². The van der Waals surface area contributed by atoms with Gasteiger partial charge in [0, 0.05) is 57.5 Å². The summed E-state index contributed by atoms with van der Waals surface area (Å²) in [5, 5.41) is 69.8. The van der Waals surface area contributed by atoms with Gasteiger partial charge in [-0.05, 0) is 120 Å². The number of nitrogens with two attached hydrogens (primary N) is 4. The van der Waals surface area contributed by atoms with Crippen LogP contribution in [0.5, 0.6) is 0 Å². The summed E-state index contributed by atoms with van der Waals surface area (Å²) in [6.07, 6.45) is -0.0563. The molecule has 0 unspecified atom stereocenters. The van der Waals surface area contributed by atoms with Gasteiger partial charge in [-0.2, -0.15) is 0 Å². The third-order valence-corrected chi connectivity index (χ3v) is 22.5. The summed E-state index contributed by atoms with van der Waals surface area (Å²) >= 11 is 0. The van der Waals surface area contributed by atoms with E-state index in [9.17, 15) is 87.2 Å². The van der Waals surface area contributed by atoms with E-state index in [2.05, 4.69) is 105 Å². The fourth-order valence-electron chi connectivity index (χ4n) is 15.0. The van der Waals surface area contributed by atoms with Crippen molar-refractivity contribution in [1.29, 1.82) is 0 Å². The first kappa shape index (κ1) is 112. The molecule has 4 heterocycles. The first-order valence-electron chi connectivity index (χ1n) is 45.7. The van der Waals surface area contributed by atoms with E-state index in [1.165, 1.54) is 57.6 Å². The number of aromatic nitrogens is 4. The number of carbonyl (C=O) groups excluding carboxylic acids is 19. The van der Waals surface area contributed by atoms with Crippen molar-refractivity contribution in [3.8, 4) is 0 Å². The number of carboxylic acids is 2. The summed E-state index contributed by atoms with van der Waals surface area (Å²) in [7, 11) is 0. The number of aliphatic hydroxyl groups excluding tert-OH is 1. The molecule has 2 fully saturated rings. The quantitative estimate of drug-likeness (QED) is 0.0208.